The summed E-state index contributed by atoms with van der Waals surface area (Å²) in [5, 5.41) is 8.78. The third-order valence-corrected chi connectivity index (χ3v) is 2.00. The molecule has 1 heterocycles. The molecule has 1 aliphatic rings. The first-order valence-electron chi connectivity index (χ1n) is 4.45. The van der Waals surface area contributed by atoms with E-state index in [1.165, 1.54) is 7.11 Å². The first-order valence-corrected chi connectivity index (χ1v) is 4.45. The van der Waals surface area contributed by atoms with E-state index in [2.05, 4.69) is 4.98 Å². The molecule has 0 atom stereocenters. The van der Waals surface area contributed by atoms with E-state index in [0.29, 0.717) is 11.5 Å². The fourth-order valence-corrected chi connectivity index (χ4v) is 1.17. The Balaban J connectivity index is 2.32. The molecular weight excluding hydrogens is 180 g/mol. The second kappa shape index (κ2) is 3.54. The molecule has 2 rings (SSSR count). The minimum absolute atomic E-state index is 0.269. The summed E-state index contributed by atoms with van der Waals surface area (Å²) in [6.07, 6.45) is 4.00. The van der Waals surface area contributed by atoms with E-state index in [0.717, 1.165) is 12.8 Å². The Morgan fingerprint density at radius 3 is 2.93 bits per heavy atom. The molecule has 0 radical (unpaired) electrons. The second-order valence-electron chi connectivity index (χ2n) is 3.12. The van der Waals surface area contributed by atoms with E-state index in [4.69, 9.17) is 14.7 Å². The highest BCUT2D eigenvalue weighted by molar-refractivity contribution is 5.48. The van der Waals surface area contributed by atoms with Gasteiger partial charge in [-0.3, -0.25) is 0 Å². The molecule has 4 nitrogen and oxygen atoms in total. The maximum Gasteiger partial charge on any atom is 0.197 e. The monoisotopic (exact) mass is 190 g/mol. The number of methoxy groups -OCH3 is 1. The molecule has 1 saturated carbocycles. The number of rotatable bonds is 3. The smallest absolute Gasteiger partial charge is 0.197 e. The van der Waals surface area contributed by atoms with Crippen molar-refractivity contribution in [1.29, 1.82) is 5.26 Å². The topological polar surface area (TPSA) is 55.1 Å². The third kappa shape index (κ3) is 1.62. The van der Waals surface area contributed by atoms with Gasteiger partial charge in [0.2, 0.25) is 0 Å². The highest BCUT2D eigenvalue weighted by atomic mass is 16.5. The van der Waals surface area contributed by atoms with Crippen LogP contribution in [0.15, 0.2) is 12.3 Å². The van der Waals surface area contributed by atoms with Gasteiger partial charge in [0.25, 0.3) is 0 Å². The summed E-state index contributed by atoms with van der Waals surface area (Å²) in [7, 11) is 1.51. The number of pyridine rings is 1. The van der Waals surface area contributed by atoms with Crippen molar-refractivity contribution >= 4 is 0 Å². The predicted octanol–water partition coefficient (Wildman–Crippen LogP) is 1.50. The highest BCUT2D eigenvalue weighted by Gasteiger charge is 2.25. The standard InChI is InChI=1S/C10H10N2O2/c1-13-10-8(6-11)12-5-4-9(10)14-7-2-3-7/h4-5,7H,2-3H2,1H3. The lowest BCUT2D eigenvalue weighted by atomic mass is 10.3. The Kier molecular flexibility index (Phi) is 2.23. The molecule has 0 bridgehead atoms. The van der Waals surface area contributed by atoms with Gasteiger partial charge in [0, 0.05) is 12.3 Å². The minimum atomic E-state index is 0.269. The Bertz CT molecular complexity index is 380. The van der Waals surface area contributed by atoms with Crippen molar-refractivity contribution in [2.24, 2.45) is 0 Å². The molecule has 14 heavy (non-hydrogen) atoms. The van der Waals surface area contributed by atoms with Crippen molar-refractivity contribution in [2.45, 2.75) is 18.9 Å². The molecule has 1 aromatic heterocycles. The summed E-state index contributed by atoms with van der Waals surface area (Å²) >= 11 is 0. The van der Waals surface area contributed by atoms with Crippen LogP contribution < -0.4 is 9.47 Å². The summed E-state index contributed by atoms with van der Waals surface area (Å²) < 4.78 is 10.7. The number of nitriles is 1. The van der Waals surface area contributed by atoms with Crippen LogP contribution in [0.3, 0.4) is 0 Å². The van der Waals surface area contributed by atoms with Gasteiger partial charge < -0.3 is 9.47 Å². The van der Waals surface area contributed by atoms with E-state index in [9.17, 15) is 0 Å². The zero-order chi connectivity index (χ0) is 9.97. The molecule has 1 aliphatic carbocycles. The van der Waals surface area contributed by atoms with Crippen LogP contribution in [-0.4, -0.2) is 18.2 Å². The number of nitrogens with zero attached hydrogens (tertiary/aromatic N) is 2. The average Bonchev–Trinajstić information content (AvgIpc) is 3.01. The number of ether oxygens (including phenoxy) is 2. The van der Waals surface area contributed by atoms with Gasteiger partial charge in [0.15, 0.2) is 17.2 Å². The Morgan fingerprint density at radius 2 is 2.36 bits per heavy atom. The molecule has 0 N–H and O–H groups in total. The maximum atomic E-state index is 8.78. The van der Waals surface area contributed by atoms with Crippen LogP contribution >= 0.6 is 0 Å². The minimum Gasteiger partial charge on any atom is -0.490 e. The quantitative estimate of drug-likeness (QED) is 0.724. The van der Waals surface area contributed by atoms with Gasteiger partial charge in [0.1, 0.15) is 6.07 Å². The molecule has 1 fully saturated rings. The summed E-state index contributed by atoms with van der Waals surface area (Å²) in [5.41, 5.74) is 0.269. The fraction of sp³-hybridized carbons (Fsp3) is 0.400. The van der Waals surface area contributed by atoms with Crippen molar-refractivity contribution in [3.63, 3.8) is 0 Å². The van der Waals surface area contributed by atoms with Gasteiger partial charge in [0.05, 0.1) is 13.2 Å². The van der Waals surface area contributed by atoms with Crippen LogP contribution in [-0.2, 0) is 0 Å². The van der Waals surface area contributed by atoms with Crippen LogP contribution in [0.5, 0.6) is 11.5 Å². The number of hydrogen-bond donors (Lipinski definition) is 0. The Labute approximate surface area is 82.1 Å². The molecule has 0 unspecified atom stereocenters. The maximum absolute atomic E-state index is 8.78. The second-order valence-corrected chi connectivity index (χ2v) is 3.12. The van der Waals surface area contributed by atoms with E-state index < -0.39 is 0 Å². The number of hydrogen-bond acceptors (Lipinski definition) is 4. The van der Waals surface area contributed by atoms with Gasteiger partial charge in [-0.25, -0.2) is 4.98 Å². The van der Waals surface area contributed by atoms with Crippen LogP contribution in [0.4, 0.5) is 0 Å². The molecule has 0 amide bonds. The van der Waals surface area contributed by atoms with Gasteiger partial charge in [-0.05, 0) is 12.8 Å². The molecule has 0 spiro atoms. The molecular formula is C10H10N2O2. The SMILES string of the molecule is COc1c(OC2CC2)ccnc1C#N. The van der Waals surface area contributed by atoms with Crippen molar-refractivity contribution < 1.29 is 9.47 Å². The lowest BCUT2D eigenvalue weighted by Crippen LogP contribution is -2.00. The van der Waals surface area contributed by atoms with Crippen LogP contribution in [0, 0.1) is 11.3 Å². The van der Waals surface area contributed by atoms with Crippen LogP contribution in [0.25, 0.3) is 0 Å². The van der Waals surface area contributed by atoms with E-state index >= 15 is 0 Å². The third-order valence-electron chi connectivity index (χ3n) is 2.00. The average molecular weight is 190 g/mol. The molecule has 72 valence electrons. The van der Waals surface area contributed by atoms with Gasteiger partial charge in [-0.2, -0.15) is 5.26 Å². The van der Waals surface area contributed by atoms with E-state index in [1.807, 2.05) is 6.07 Å². The first kappa shape index (κ1) is 8.82. The van der Waals surface area contributed by atoms with Gasteiger partial charge >= 0.3 is 0 Å². The van der Waals surface area contributed by atoms with Crippen LogP contribution in [0.1, 0.15) is 18.5 Å². The lowest BCUT2D eigenvalue weighted by Gasteiger charge is -2.09. The predicted molar refractivity (Wildman–Crippen MR) is 49.2 cm³/mol. The largest absolute Gasteiger partial charge is 0.490 e. The van der Waals surface area contributed by atoms with Gasteiger partial charge in [-0.15, -0.1) is 0 Å². The lowest BCUT2D eigenvalue weighted by molar-refractivity contribution is 0.281. The zero-order valence-electron chi connectivity index (χ0n) is 7.86. The molecule has 4 heteroatoms. The zero-order valence-corrected chi connectivity index (χ0v) is 7.86. The highest BCUT2D eigenvalue weighted by Crippen LogP contribution is 2.34. The van der Waals surface area contributed by atoms with Crippen molar-refractivity contribution in [1.82, 2.24) is 4.98 Å². The van der Waals surface area contributed by atoms with E-state index in [1.54, 1.807) is 12.3 Å². The molecule has 0 aromatic carbocycles. The molecule has 0 aliphatic heterocycles. The first-order chi connectivity index (χ1) is 6.85. The molecule has 0 saturated heterocycles. The van der Waals surface area contributed by atoms with E-state index in [-0.39, 0.29) is 11.8 Å². The Morgan fingerprint density at radius 1 is 1.57 bits per heavy atom. The summed E-state index contributed by atoms with van der Waals surface area (Å²) in [6, 6.07) is 3.68. The van der Waals surface area contributed by atoms with Crippen molar-refractivity contribution in [3.8, 4) is 17.6 Å². The van der Waals surface area contributed by atoms with Crippen molar-refractivity contribution in [2.75, 3.05) is 7.11 Å². The summed E-state index contributed by atoms with van der Waals surface area (Å²) in [4.78, 5) is 3.89. The normalized spacial score (nSPS) is 14.6. The Hall–Kier alpha value is -1.76. The van der Waals surface area contributed by atoms with Crippen LogP contribution in [0.2, 0.25) is 0 Å². The van der Waals surface area contributed by atoms with Gasteiger partial charge in [-0.1, -0.05) is 0 Å². The van der Waals surface area contributed by atoms with Crippen molar-refractivity contribution in [3.05, 3.63) is 18.0 Å². The fourth-order valence-electron chi connectivity index (χ4n) is 1.17. The number of aromatic nitrogens is 1. The summed E-state index contributed by atoms with van der Waals surface area (Å²) in [6.45, 7) is 0. The summed E-state index contributed by atoms with van der Waals surface area (Å²) in [5.74, 6) is 1.04. The molecule has 1 aromatic rings.